The largest absolute Gasteiger partial charge is 0.353 e. The van der Waals surface area contributed by atoms with Gasteiger partial charge in [0, 0.05) is 12.5 Å². The number of amides is 1. The van der Waals surface area contributed by atoms with Crippen LogP contribution in [-0.4, -0.2) is 11.9 Å². The van der Waals surface area contributed by atoms with Crippen molar-refractivity contribution in [1.82, 2.24) is 5.32 Å². The molecule has 0 aromatic rings. The van der Waals surface area contributed by atoms with Crippen molar-refractivity contribution in [2.45, 2.75) is 149 Å². The summed E-state index contributed by atoms with van der Waals surface area (Å²) in [6.07, 6.45) is 24.1. The lowest BCUT2D eigenvalue weighted by Crippen LogP contribution is -2.34. The topological polar surface area (TPSA) is 29.1 Å². The maximum atomic E-state index is 12.1. The van der Waals surface area contributed by atoms with E-state index in [4.69, 9.17) is 0 Å². The van der Waals surface area contributed by atoms with E-state index in [2.05, 4.69) is 26.1 Å². The minimum Gasteiger partial charge on any atom is -0.353 e. The van der Waals surface area contributed by atoms with E-state index < -0.39 is 0 Å². The Labute approximate surface area is 165 Å². The molecule has 0 saturated heterocycles. The molecule has 0 saturated carbocycles. The standard InChI is InChI=1S/C24H49NO/c1-4-7-10-11-12-13-14-15-16-19-21-23(20-17-8-5-2)25-24(26)22-18-9-6-3/h23H,4-22H2,1-3H3,(H,25,26). The fourth-order valence-electron chi connectivity index (χ4n) is 3.64. The highest BCUT2D eigenvalue weighted by Crippen LogP contribution is 2.15. The van der Waals surface area contributed by atoms with Gasteiger partial charge in [0.25, 0.3) is 0 Å². The van der Waals surface area contributed by atoms with Crippen molar-refractivity contribution < 1.29 is 4.79 Å². The molecule has 1 unspecified atom stereocenters. The van der Waals surface area contributed by atoms with Crippen LogP contribution in [0.1, 0.15) is 143 Å². The minimum atomic E-state index is 0.284. The lowest BCUT2D eigenvalue weighted by atomic mass is 10.00. The van der Waals surface area contributed by atoms with E-state index in [0.29, 0.717) is 6.04 Å². The molecule has 0 aromatic carbocycles. The molecule has 26 heavy (non-hydrogen) atoms. The van der Waals surface area contributed by atoms with Gasteiger partial charge in [-0.25, -0.2) is 0 Å². The van der Waals surface area contributed by atoms with Crippen molar-refractivity contribution >= 4 is 5.91 Å². The Morgan fingerprint density at radius 2 is 0.962 bits per heavy atom. The fourth-order valence-corrected chi connectivity index (χ4v) is 3.64. The van der Waals surface area contributed by atoms with Crippen LogP contribution in [0.15, 0.2) is 0 Å². The predicted octanol–water partition coefficient (Wildman–Crippen LogP) is 7.94. The summed E-state index contributed by atoms with van der Waals surface area (Å²) >= 11 is 0. The minimum absolute atomic E-state index is 0.284. The number of unbranched alkanes of at least 4 members (excludes halogenated alkanes) is 13. The summed E-state index contributed by atoms with van der Waals surface area (Å²) in [5.41, 5.74) is 0. The summed E-state index contributed by atoms with van der Waals surface area (Å²) in [5, 5.41) is 3.33. The van der Waals surface area contributed by atoms with Crippen LogP contribution in [0, 0.1) is 0 Å². The highest BCUT2D eigenvalue weighted by atomic mass is 16.1. The second-order valence-corrected chi connectivity index (χ2v) is 8.19. The molecule has 0 radical (unpaired) electrons. The Balaban J connectivity index is 3.77. The number of carbonyl (C=O) groups is 1. The van der Waals surface area contributed by atoms with Gasteiger partial charge in [0.15, 0.2) is 0 Å². The number of nitrogens with one attached hydrogen (secondary N) is 1. The molecule has 2 nitrogen and oxygen atoms in total. The zero-order valence-corrected chi connectivity index (χ0v) is 18.4. The Morgan fingerprint density at radius 1 is 0.577 bits per heavy atom. The van der Waals surface area contributed by atoms with E-state index in [-0.39, 0.29) is 5.91 Å². The van der Waals surface area contributed by atoms with Gasteiger partial charge in [0.1, 0.15) is 0 Å². The van der Waals surface area contributed by atoms with E-state index in [1.807, 2.05) is 0 Å². The Kier molecular flexibility index (Phi) is 20.4. The molecule has 1 amide bonds. The second kappa shape index (κ2) is 20.8. The van der Waals surface area contributed by atoms with Gasteiger partial charge in [-0.05, 0) is 19.3 Å². The van der Waals surface area contributed by atoms with E-state index in [1.165, 1.54) is 109 Å². The number of rotatable bonds is 20. The van der Waals surface area contributed by atoms with Gasteiger partial charge in [0.2, 0.25) is 5.91 Å². The number of carbonyl (C=O) groups excluding carboxylic acids is 1. The summed E-state index contributed by atoms with van der Waals surface area (Å²) < 4.78 is 0. The number of hydrogen-bond donors (Lipinski definition) is 1. The van der Waals surface area contributed by atoms with Gasteiger partial charge >= 0.3 is 0 Å². The predicted molar refractivity (Wildman–Crippen MR) is 117 cm³/mol. The van der Waals surface area contributed by atoms with Gasteiger partial charge in [0.05, 0.1) is 0 Å². The normalized spacial score (nSPS) is 12.3. The number of hydrogen-bond acceptors (Lipinski definition) is 1. The summed E-state index contributed by atoms with van der Waals surface area (Å²) in [4.78, 5) is 12.1. The monoisotopic (exact) mass is 367 g/mol. The van der Waals surface area contributed by atoms with Crippen molar-refractivity contribution in [2.24, 2.45) is 0 Å². The molecular weight excluding hydrogens is 318 g/mol. The Hall–Kier alpha value is -0.530. The zero-order valence-electron chi connectivity index (χ0n) is 18.4. The SMILES string of the molecule is CCCCCCCCCCCCC(CCCCC)NC(=O)CCCCC. The van der Waals surface area contributed by atoms with Gasteiger partial charge in [-0.3, -0.25) is 4.79 Å². The quantitative estimate of drug-likeness (QED) is 0.217. The molecule has 1 N–H and O–H groups in total. The third-order valence-corrected chi connectivity index (χ3v) is 5.43. The van der Waals surface area contributed by atoms with Crippen LogP contribution in [0.5, 0.6) is 0 Å². The molecule has 0 fully saturated rings. The molecule has 0 aliphatic carbocycles. The summed E-state index contributed by atoms with van der Waals surface area (Å²) in [6, 6.07) is 0.421. The molecule has 0 aromatic heterocycles. The first kappa shape index (κ1) is 25.5. The molecular formula is C24H49NO. The first-order chi connectivity index (χ1) is 12.7. The molecule has 0 spiro atoms. The van der Waals surface area contributed by atoms with Crippen molar-refractivity contribution in [1.29, 1.82) is 0 Å². The van der Waals surface area contributed by atoms with Crippen molar-refractivity contribution in [3.8, 4) is 0 Å². The van der Waals surface area contributed by atoms with E-state index in [0.717, 1.165) is 12.8 Å². The molecule has 2 heteroatoms. The molecule has 0 aliphatic heterocycles. The van der Waals surface area contributed by atoms with Gasteiger partial charge in [-0.2, -0.15) is 0 Å². The molecule has 0 rings (SSSR count). The average molecular weight is 368 g/mol. The highest BCUT2D eigenvalue weighted by Gasteiger charge is 2.11. The molecule has 156 valence electrons. The first-order valence-corrected chi connectivity index (χ1v) is 12.0. The third kappa shape index (κ3) is 18.3. The van der Waals surface area contributed by atoms with E-state index in [9.17, 15) is 4.79 Å². The second-order valence-electron chi connectivity index (χ2n) is 8.19. The molecule has 1 atom stereocenters. The van der Waals surface area contributed by atoms with Crippen LogP contribution in [0.25, 0.3) is 0 Å². The lowest BCUT2D eigenvalue weighted by molar-refractivity contribution is -0.122. The zero-order chi connectivity index (χ0) is 19.3. The third-order valence-electron chi connectivity index (χ3n) is 5.43. The van der Waals surface area contributed by atoms with E-state index >= 15 is 0 Å². The van der Waals surface area contributed by atoms with Gasteiger partial charge in [-0.15, -0.1) is 0 Å². The Bertz CT molecular complexity index is 290. The van der Waals surface area contributed by atoms with Gasteiger partial charge in [-0.1, -0.05) is 117 Å². The smallest absolute Gasteiger partial charge is 0.220 e. The van der Waals surface area contributed by atoms with Crippen LogP contribution in [-0.2, 0) is 4.79 Å². The maximum Gasteiger partial charge on any atom is 0.220 e. The van der Waals surface area contributed by atoms with Crippen molar-refractivity contribution in [3.63, 3.8) is 0 Å². The van der Waals surface area contributed by atoms with Crippen molar-refractivity contribution in [2.75, 3.05) is 0 Å². The van der Waals surface area contributed by atoms with E-state index in [1.54, 1.807) is 0 Å². The Morgan fingerprint density at radius 3 is 1.50 bits per heavy atom. The van der Waals surface area contributed by atoms with Crippen LogP contribution >= 0.6 is 0 Å². The summed E-state index contributed by atoms with van der Waals surface area (Å²) in [7, 11) is 0. The summed E-state index contributed by atoms with van der Waals surface area (Å²) in [5.74, 6) is 0.284. The van der Waals surface area contributed by atoms with Crippen LogP contribution < -0.4 is 5.32 Å². The maximum absolute atomic E-state index is 12.1. The molecule has 0 bridgehead atoms. The first-order valence-electron chi connectivity index (χ1n) is 12.0. The van der Waals surface area contributed by atoms with Crippen molar-refractivity contribution in [3.05, 3.63) is 0 Å². The molecule has 0 aliphatic rings. The van der Waals surface area contributed by atoms with Gasteiger partial charge < -0.3 is 5.32 Å². The average Bonchev–Trinajstić information content (AvgIpc) is 2.63. The summed E-state index contributed by atoms with van der Waals surface area (Å²) in [6.45, 7) is 6.72. The molecule has 0 heterocycles. The van der Waals surface area contributed by atoms with Crippen LogP contribution in [0.3, 0.4) is 0 Å². The van der Waals surface area contributed by atoms with Crippen LogP contribution in [0.2, 0.25) is 0 Å². The van der Waals surface area contributed by atoms with Crippen LogP contribution in [0.4, 0.5) is 0 Å². The lowest BCUT2D eigenvalue weighted by Gasteiger charge is -2.19. The fraction of sp³-hybridized carbons (Fsp3) is 0.958. The highest BCUT2D eigenvalue weighted by molar-refractivity contribution is 5.76.